The molecule has 0 aliphatic rings. The number of benzene rings is 2. The SMILES string of the molecule is CCN(C)/C=N\c1cc(C)c(Cc2cc(Cl)ccc2F)cc1C. The Hall–Kier alpha value is -1.87. The Kier molecular flexibility index (Phi) is 5.78. The van der Waals surface area contributed by atoms with Gasteiger partial charge < -0.3 is 4.90 Å². The molecule has 2 aromatic carbocycles. The molecule has 0 heterocycles. The standard InChI is InChI=1S/C19H22ClFN2/c1-5-23(4)12-22-19-9-13(2)15(8-14(19)3)10-16-11-17(20)6-7-18(16)21/h6-9,11-12H,5,10H2,1-4H3/b22-12-. The van der Waals surface area contributed by atoms with E-state index < -0.39 is 0 Å². The van der Waals surface area contributed by atoms with Gasteiger partial charge in [0.2, 0.25) is 0 Å². The summed E-state index contributed by atoms with van der Waals surface area (Å²) in [6.07, 6.45) is 2.36. The van der Waals surface area contributed by atoms with Crippen LogP contribution in [0.4, 0.5) is 10.1 Å². The highest BCUT2D eigenvalue weighted by Crippen LogP contribution is 2.26. The van der Waals surface area contributed by atoms with Gasteiger partial charge in [-0.25, -0.2) is 9.38 Å². The molecule has 0 aliphatic heterocycles. The van der Waals surface area contributed by atoms with E-state index in [4.69, 9.17) is 11.6 Å². The van der Waals surface area contributed by atoms with Gasteiger partial charge in [0.05, 0.1) is 12.0 Å². The van der Waals surface area contributed by atoms with Crippen molar-refractivity contribution in [1.29, 1.82) is 0 Å². The molecule has 122 valence electrons. The molecule has 0 spiro atoms. The van der Waals surface area contributed by atoms with Crippen LogP contribution in [0.25, 0.3) is 0 Å². The molecule has 0 aromatic heterocycles. The molecule has 0 radical (unpaired) electrons. The van der Waals surface area contributed by atoms with Crippen LogP contribution in [-0.4, -0.2) is 24.8 Å². The van der Waals surface area contributed by atoms with Crippen molar-refractivity contribution in [2.24, 2.45) is 4.99 Å². The molecule has 2 rings (SSSR count). The van der Waals surface area contributed by atoms with Crippen molar-refractivity contribution >= 4 is 23.6 Å². The van der Waals surface area contributed by atoms with Crippen LogP contribution < -0.4 is 0 Å². The van der Waals surface area contributed by atoms with Gasteiger partial charge in [0.25, 0.3) is 0 Å². The van der Waals surface area contributed by atoms with E-state index in [9.17, 15) is 4.39 Å². The second-order valence-corrected chi connectivity index (χ2v) is 6.23. The quantitative estimate of drug-likeness (QED) is 0.536. The smallest absolute Gasteiger partial charge is 0.126 e. The van der Waals surface area contributed by atoms with Crippen molar-refractivity contribution in [1.82, 2.24) is 4.90 Å². The summed E-state index contributed by atoms with van der Waals surface area (Å²) in [6, 6.07) is 8.80. The van der Waals surface area contributed by atoms with E-state index in [1.54, 1.807) is 12.1 Å². The molecule has 0 atom stereocenters. The lowest BCUT2D eigenvalue weighted by molar-refractivity contribution is 0.552. The fourth-order valence-corrected chi connectivity index (χ4v) is 2.51. The Morgan fingerprint density at radius 2 is 1.87 bits per heavy atom. The van der Waals surface area contributed by atoms with Gasteiger partial charge in [-0.2, -0.15) is 0 Å². The number of nitrogens with zero attached hydrogens (tertiary/aromatic N) is 2. The normalized spacial score (nSPS) is 11.2. The highest BCUT2D eigenvalue weighted by molar-refractivity contribution is 6.30. The van der Waals surface area contributed by atoms with Crippen LogP contribution in [0.2, 0.25) is 5.02 Å². The van der Waals surface area contributed by atoms with Crippen molar-refractivity contribution < 1.29 is 4.39 Å². The molecule has 0 saturated heterocycles. The summed E-state index contributed by atoms with van der Waals surface area (Å²) in [5, 5.41) is 0.555. The number of aliphatic imine (C=N–C) groups is 1. The maximum absolute atomic E-state index is 13.9. The van der Waals surface area contributed by atoms with E-state index in [2.05, 4.69) is 18.0 Å². The van der Waals surface area contributed by atoms with Crippen LogP contribution in [0.15, 0.2) is 35.3 Å². The second kappa shape index (κ2) is 7.60. The molecule has 0 unspecified atom stereocenters. The van der Waals surface area contributed by atoms with Crippen molar-refractivity contribution in [3.63, 3.8) is 0 Å². The third-order valence-electron chi connectivity index (χ3n) is 3.94. The summed E-state index contributed by atoms with van der Waals surface area (Å²) >= 11 is 5.97. The first-order valence-corrected chi connectivity index (χ1v) is 8.07. The molecule has 0 aliphatic carbocycles. The molecule has 0 amide bonds. The summed E-state index contributed by atoms with van der Waals surface area (Å²) in [6.45, 7) is 7.04. The Bertz CT molecular complexity index is 726. The molecule has 0 fully saturated rings. The zero-order chi connectivity index (χ0) is 17.0. The zero-order valence-corrected chi connectivity index (χ0v) is 14.8. The maximum Gasteiger partial charge on any atom is 0.126 e. The Morgan fingerprint density at radius 3 is 2.57 bits per heavy atom. The summed E-state index contributed by atoms with van der Waals surface area (Å²) in [7, 11) is 1.99. The lowest BCUT2D eigenvalue weighted by Crippen LogP contribution is -2.14. The Balaban J connectivity index is 2.29. The number of hydrogen-bond donors (Lipinski definition) is 0. The molecule has 0 saturated carbocycles. The van der Waals surface area contributed by atoms with Crippen LogP contribution in [-0.2, 0) is 6.42 Å². The Labute approximate surface area is 142 Å². The van der Waals surface area contributed by atoms with E-state index in [1.807, 2.05) is 38.2 Å². The minimum absolute atomic E-state index is 0.224. The summed E-state index contributed by atoms with van der Waals surface area (Å²) in [4.78, 5) is 6.54. The van der Waals surface area contributed by atoms with Gasteiger partial charge in [-0.05, 0) is 67.3 Å². The molecule has 2 nitrogen and oxygen atoms in total. The first-order valence-electron chi connectivity index (χ1n) is 7.69. The molecule has 0 N–H and O–H groups in total. The molecule has 2 aromatic rings. The lowest BCUT2D eigenvalue weighted by Gasteiger charge is -2.12. The zero-order valence-electron chi connectivity index (χ0n) is 14.0. The average molecular weight is 333 g/mol. The van der Waals surface area contributed by atoms with Gasteiger partial charge in [-0.3, -0.25) is 0 Å². The van der Waals surface area contributed by atoms with E-state index in [0.717, 1.165) is 28.9 Å². The largest absolute Gasteiger partial charge is 0.366 e. The van der Waals surface area contributed by atoms with E-state index in [-0.39, 0.29) is 5.82 Å². The van der Waals surface area contributed by atoms with Gasteiger partial charge in [0.1, 0.15) is 5.82 Å². The van der Waals surface area contributed by atoms with E-state index >= 15 is 0 Å². The second-order valence-electron chi connectivity index (χ2n) is 5.80. The predicted molar refractivity (Wildman–Crippen MR) is 96.6 cm³/mol. The molecular weight excluding hydrogens is 311 g/mol. The van der Waals surface area contributed by atoms with Crippen LogP contribution in [0, 0.1) is 19.7 Å². The monoisotopic (exact) mass is 332 g/mol. The van der Waals surface area contributed by atoms with Gasteiger partial charge in [-0.15, -0.1) is 0 Å². The minimum atomic E-state index is -0.224. The van der Waals surface area contributed by atoms with Gasteiger partial charge in [-0.1, -0.05) is 17.7 Å². The predicted octanol–water partition coefficient (Wildman–Crippen LogP) is 5.30. The summed E-state index contributed by atoms with van der Waals surface area (Å²) in [5.74, 6) is -0.224. The summed E-state index contributed by atoms with van der Waals surface area (Å²) < 4.78 is 13.9. The van der Waals surface area contributed by atoms with Crippen LogP contribution in [0.5, 0.6) is 0 Å². The minimum Gasteiger partial charge on any atom is -0.366 e. The maximum atomic E-state index is 13.9. The number of rotatable bonds is 5. The van der Waals surface area contributed by atoms with Gasteiger partial charge >= 0.3 is 0 Å². The first-order chi connectivity index (χ1) is 10.9. The lowest BCUT2D eigenvalue weighted by atomic mass is 9.97. The first kappa shape index (κ1) is 17.5. The molecule has 4 heteroatoms. The number of aryl methyl sites for hydroxylation is 2. The topological polar surface area (TPSA) is 15.6 Å². The van der Waals surface area contributed by atoms with Crippen molar-refractivity contribution in [2.75, 3.05) is 13.6 Å². The fourth-order valence-electron chi connectivity index (χ4n) is 2.32. The van der Waals surface area contributed by atoms with E-state index in [1.165, 1.54) is 6.07 Å². The molecule has 0 bridgehead atoms. The van der Waals surface area contributed by atoms with Gasteiger partial charge in [0.15, 0.2) is 0 Å². The van der Waals surface area contributed by atoms with Crippen molar-refractivity contribution in [2.45, 2.75) is 27.2 Å². The summed E-state index contributed by atoms with van der Waals surface area (Å²) in [5.41, 5.74) is 4.82. The van der Waals surface area contributed by atoms with Crippen LogP contribution in [0.1, 0.15) is 29.2 Å². The van der Waals surface area contributed by atoms with Crippen molar-refractivity contribution in [3.8, 4) is 0 Å². The molecular formula is C19H22ClFN2. The number of halogens is 2. The fraction of sp³-hybridized carbons (Fsp3) is 0.316. The third kappa shape index (κ3) is 4.55. The van der Waals surface area contributed by atoms with E-state index in [0.29, 0.717) is 17.0 Å². The highest BCUT2D eigenvalue weighted by Gasteiger charge is 2.09. The number of hydrogen-bond acceptors (Lipinski definition) is 1. The van der Waals surface area contributed by atoms with Gasteiger partial charge in [0, 0.05) is 25.0 Å². The average Bonchev–Trinajstić information content (AvgIpc) is 2.52. The van der Waals surface area contributed by atoms with Crippen LogP contribution in [0.3, 0.4) is 0 Å². The molecule has 23 heavy (non-hydrogen) atoms. The van der Waals surface area contributed by atoms with Crippen molar-refractivity contribution in [3.05, 3.63) is 63.4 Å². The Morgan fingerprint density at radius 1 is 1.13 bits per heavy atom. The third-order valence-corrected chi connectivity index (χ3v) is 4.17. The van der Waals surface area contributed by atoms with Crippen LogP contribution >= 0.6 is 11.6 Å². The highest BCUT2D eigenvalue weighted by atomic mass is 35.5.